The zero-order chi connectivity index (χ0) is 14.9. The fraction of sp³-hybridized carbons (Fsp3) is 0.182. The molecule has 0 aliphatic carbocycles. The van der Waals surface area contributed by atoms with Crippen molar-refractivity contribution in [1.29, 1.82) is 0 Å². The second kappa shape index (κ2) is 5.72. The van der Waals surface area contributed by atoms with Crippen molar-refractivity contribution in [2.75, 3.05) is 24.3 Å². The van der Waals surface area contributed by atoms with E-state index in [1.54, 1.807) is 19.0 Å². The largest absolute Gasteiger partial charge is 0.347 e. The molecule has 106 valence electrons. The third kappa shape index (κ3) is 3.23. The van der Waals surface area contributed by atoms with Crippen LogP contribution in [0.15, 0.2) is 12.1 Å². The van der Waals surface area contributed by atoms with E-state index in [-0.39, 0.29) is 27.9 Å². The molecule has 0 aliphatic heterocycles. The molecule has 0 aliphatic rings. The summed E-state index contributed by atoms with van der Waals surface area (Å²) in [5.41, 5.74) is -0.139. The number of benzene rings is 1. The van der Waals surface area contributed by atoms with Gasteiger partial charge in [0.15, 0.2) is 5.82 Å². The van der Waals surface area contributed by atoms with Crippen molar-refractivity contribution < 1.29 is 8.78 Å². The molecule has 1 heterocycles. The highest BCUT2D eigenvalue weighted by Crippen LogP contribution is 2.28. The van der Waals surface area contributed by atoms with E-state index in [0.29, 0.717) is 6.07 Å². The fourth-order valence-electron chi connectivity index (χ4n) is 1.37. The first-order valence-corrected chi connectivity index (χ1v) is 6.13. The first-order valence-electron chi connectivity index (χ1n) is 5.37. The third-order valence-corrected chi connectivity index (χ3v) is 2.71. The molecule has 2 aromatic rings. The Morgan fingerprint density at radius 3 is 2.40 bits per heavy atom. The maximum Gasteiger partial charge on any atom is 0.233 e. The highest BCUT2D eigenvalue weighted by molar-refractivity contribution is 6.33. The Morgan fingerprint density at radius 1 is 1.10 bits per heavy atom. The highest BCUT2D eigenvalue weighted by atomic mass is 35.5. The van der Waals surface area contributed by atoms with Crippen LogP contribution in [0, 0.1) is 11.6 Å². The van der Waals surface area contributed by atoms with Gasteiger partial charge in [-0.3, -0.25) is 0 Å². The molecule has 0 saturated carbocycles. The van der Waals surface area contributed by atoms with E-state index < -0.39 is 11.6 Å². The van der Waals surface area contributed by atoms with Gasteiger partial charge < -0.3 is 10.2 Å². The van der Waals surface area contributed by atoms with Gasteiger partial charge >= 0.3 is 0 Å². The van der Waals surface area contributed by atoms with Gasteiger partial charge in [-0.2, -0.15) is 15.0 Å². The lowest BCUT2D eigenvalue weighted by Gasteiger charge is -2.12. The topological polar surface area (TPSA) is 53.9 Å². The quantitative estimate of drug-likeness (QED) is 0.941. The summed E-state index contributed by atoms with van der Waals surface area (Å²) in [6, 6.07) is 1.67. The molecule has 0 saturated heterocycles. The van der Waals surface area contributed by atoms with Crippen LogP contribution >= 0.6 is 23.2 Å². The van der Waals surface area contributed by atoms with Crippen LogP contribution in [0.1, 0.15) is 0 Å². The molecular formula is C11H9Cl2F2N5. The van der Waals surface area contributed by atoms with Gasteiger partial charge in [-0.1, -0.05) is 11.6 Å². The number of halogens is 4. The van der Waals surface area contributed by atoms with Crippen molar-refractivity contribution in [2.24, 2.45) is 0 Å². The van der Waals surface area contributed by atoms with Crippen molar-refractivity contribution in [3.05, 3.63) is 34.1 Å². The molecule has 0 fully saturated rings. The van der Waals surface area contributed by atoms with Crippen LogP contribution in [0.3, 0.4) is 0 Å². The smallest absolute Gasteiger partial charge is 0.233 e. The van der Waals surface area contributed by atoms with Crippen LogP contribution < -0.4 is 10.2 Å². The lowest BCUT2D eigenvalue weighted by molar-refractivity contribution is 0.586. The molecule has 0 bridgehead atoms. The van der Waals surface area contributed by atoms with E-state index in [0.717, 1.165) is 6.07 Å². The summed E-state index contributed by atoms with van der Waals surface area (Å²) in [6.45, 7) is 0. The maximum absolute atomic E-state index is 13.7. The lowest BCUT2D eigenvalue weighted by Crippen LogP contribution is -2.14. The van der Waals surface area contributed by atoms with Gasteiger partial charge in [-0.05, 0) is 17.7 Å². The average molecular weight is 320 g/mol. The fourth-order valence-corrected chi connectivity index (χ4v) is 1.77. The number of hydrogen-bond acceptors (Lipinski definition) is 5. The zero-order valence-electron chi connectivity index (χ0n) is 10.5. The summed E-state index contributed by atoms with van der Waals surface area (Å²) in [4.78, 5) is 13.3. The molecule has 2 rings (SSSR count). The Morgan fingerprint density at radius 2 is 1.80 bits per heavy atom. The number of rotatable bonds is 3. The summed E-state index contributed by atoms with van der Waals surface area (Å²) < 4.78 is 26.6. The number of anilines is 3. The van der Waals surface area contributed by atoms with Crippen LogP contribution in [-0.4, -0.2) is 29.0 Å². The average Bonchev–Trinajstić information content (AvgIpc) is 2.33. The van der Waals surface area contributed by atoms with E-state index in [9.17, 15) is 8.78 Å². The Balaban J connectivity index is 2.40. The van der Waals surface area contributed by atoms with E-state index in [1.165, 1.54) is 0 Å². The molecule has 1 aromatic heterocycles. The summed E-state index contributed by atoms with van der Waals surface area (Å²) in [5.74, 6) is -1.36. The van der Waals surface area contributed by atoms with Gasteiger partial charge in [-0.15, -0.1) is 0 Å². The minimum atomic E-state index is -0.863. The maximum atomic E-state index is 13.7. The van der Waals surface area contributed by atoms with Crippen molar-refractivity contribution >= 4 is 40.8 Å². The Kier molecular flexibility index (Phi) is 4.20. The third-order valence-electron chi connectivity index (χ3n) is 2.24. The summed E-state index contributed by atoms with van der Waals surface area (Å²) in [6.07, 6.45) is 0. The van der Waals surface area contributed by atoms with Crippen LogP contribution in [-0.2, 0) is 0 Å². The van der Waals surface area contributed by atoms with Crippen molar-refractivity contribution in [3.8, 4) is 0 Å². The second-order valence-corrected chi connectivity index (χ2v) is 4.74. The first-order chi connectivity index (χ1) is 9.36. The summed E-state index contributed by atoms with van der Waals surface area (Å²) >= 11 is 11.5. The molecular weight excluding hydrogens is 311 g/mol. The molecule has 5 nitrogen and oxygen atoms in total. The Bertz CT molecular complexity index is 628. The van der Waals surface area contributed by atoms with Crippen LogP contribution in [0.2, 0.25) is 10.3 Å². The molecule has 1 aromatic carbocycles. The molecule has 9 heteroatoms. The minimum absolute atomic E-state index is 0.00103. The summed E-state index contributed by atoms with van der Waals surface area (Å²) in [5, 5.41) is 2.36. The van der Waals surface area contributed by atoms with Gasteiger partial charge in [-0.25, -0.2) is 8.78 Å². The molecule has 1 N–H and O–H groups in total. The van der Waals surface area contributed by atoms with E-state index in [4.69, 9.17) is 23.2 Å². The van der Waals surface area contributed by atoms with Gasteiger partial charge in [0.2, 0.25) is 17.2 Å². The zero-order valence-corrected chi connectivity index (χ0v) is 12.0. The van der Waals surface area contributed by atoms with Gasteiger partial charge in [0.1, 0.15) is 5.82 Å². The molecule has 0 amide bonds. The van der Waals surface area contributed by atoms with Crippen LogP contribution in [0.4, 0.5) is 26.4 Å². The monoisotopic (exact) mass is 319 g/mol. The Hall–Kier alpha value is -1.73. The number of hydrogen-bond donors (Lipinski definition) is 1. The highest BCUT2D eigenvalue weighted by Gasteiger charge is 2.13. The van der Waals surface area contributed by atoms with Crippen LogP contribution in [0.5, 0.6) is 0 Å². The molecule has 20 heavy (non-hydrogen) atoms. The predicted octanol–water partition coefficient (Wildman–Crippen LogP) is 3.27. The van der Waals surface area contributed by atoms with Crippen molar-refractivity contribution in [1.82, 2.24) is 15.0 Å². The van der Waals surface area contributed by atoms with Crippen LogP contribution in [0.25, 0.3) is 0 Å². The molecule has 0 atom stereocenters. The van der Waals surface area contributed by atoms with Gasteiger partial charge in [0.25, 0.3) is 0 Å². The standard InChI is InChI=1S/C11H9Cl2F2N5/c1-20(2)11-18-9(13)17-10(19-11)16-8-6(12)3-5(14)4-7(8)15/h3-4H,1-2H3,(H,16,17,18,19). The lowest BCUT2D eigenvalue weighted by atomic mass is 10.3. The SMILES string of the molecule is CN(C)c1nc(Cl)nc(Nc2c(F)cc(F)cc2Cl)n1. The molecule has 0 radical (unpaired) electrons. The van der Waals surface area contributed by atoms with E-state index >= 15 is 0 Å². The van der Waals surface area contributed by atoms with Crippen molar-refractivity contribution in [2.45, 2.75) is 0 Å². The predicted molar refractivity (Wildman–Crippen MR) is 73.8 cm³/mol. The van der Waals surface area contributed by atoms with Gasteiger partial charge in [0, 0.05) is 20.2 Å². The van der Waals surface area contributed by atoms with Gasteiger partial charge in [0.05, 0.1) is 10.7 Å². The molecule has 0 unspecified atom stereocenters. The second-order valence-electron chi connectivity index (χ2n) is 3.99. The number of nitrogens with zero attached hydrogens (tertiary/aromatic N) is 4. The van der Waals surface area contributed by atoms with E-state index in [2.05, 4.69) is 20.3 Å². The molecule has 0 spiro atoms. The minimum Gasteiger partial charge on any atom is -0.347 e. The van der Waals surface area contributed by atoms with Crippen molar-refractivity contribution in [3.63, 3.8) is 0 Å². The number of aromatic nitrogens is 3. The van der Waals surface area contributed by atoms with E-state index in [1.807, 2.05) is 0 Å². The normalized spacial score (nSPS) is 10.5. The summed E-state index contributed by atoms with van der Waals surface area (Å²) in [7, 11) is 3.42. The Labute approximate surface area is 123 Å². The number of nitrogens with one attached hydrogen (secondary N) is 1. The first kappa shape index (κ1) is 14.7.